The van der Waals surface area contributed by atoms with Crippen LogP contribution in [0.15, 0.2) is 0 Å². The summed E-state index contributed by atoms with van der Waals surface area (Å²) in [5.41, 5.74) is 0. The van der Waals surface area contributed by atoms with E-state index in [0.717, 1.165) is 19.3 Å². The molecule has 0 spiro atoms. The first-order chi connectivity index (χ1) is 7.11. The molecule has 0 radical (unpaired) electrons. The highest BCUT2D eigenvalue weighted by Gasteiger charge is 2.31. The third-order valence-electron chi connectivity index (χ3n) is 2.62. The Morgan fingerprint density at radius 3 is 2.87 bits per heavy atom. The van der Waals surface area contributed by atoms with E-state index in [0.29, 0.717) is 13.1 Å². The van der Waals surface area contributed by atoms with Gasteiger partial charge in [-0.2, -0.15) is 9.57 Å². The van der Waals surface area contributed by atoms with Crippen LogP contribution in [-0.2, 0) is 10.0 Å². The lowest BCUT2D eigenvalue weighted by atomic mass is 10.1. The molecule has 1 heterocycles. The number of nitrogens with one attached hydrogen (secondary N) is 1. The van der Waals surface area contributed by atoms with Crippen molar-refractivity contribution in [2.75, 3.05) is 25.9 Å². The zero-order chi connectivity index (χ0) is 11.3. The summed E-state index contributed by atoms with van der Waals surface area (Å²) in [4.78, 5) is 0. The molecule has 1 N–H and O–H groups in total. The normalized spacial score (nSPS) is 23.6. The maximum Gasteiger partial charge on any atom is 0.227 e. The quantitative estimate of drug-likeness (QED) is 0.734. The average Bonchev–Trinajstić information content (AvgIpc) is 2.19. The van der Waals surface area contributed by atoms with Crippen LogP contribution in [0.25, 0.3) is 0 Å². The van der Waals surface area contributed by atoms with Crippen molar-refractivity contribution in [2.45, 2.75) is 25.3 Å². The second-order valence-corrected chi connectivity index (χ2v) is 5.65. The van der Waals surface area contributed by atoms with Gasteiger partial charge in [-0.25, -0.2) is 8.42 Å². The Hall–Kier alpha value is -0.640. The van der Waals surface area contributed by atoms with Gasteiger partial charge in [-0.1, -0.05) is 6.42 Å². The summed E-state index contributed by atoms with van der Waals surface area (Å²) in [6.45, 7) is 1.21. The van der Waals surface area contributed by atoms with E-state index in [9.17, 15) is 8.42 Å². The summed E-state index contributed by atoms with van der Waals surface area (Å²) in [7, 11) is -1.56. The van der Waals surface area contributed by atoms with Crippen molar-refractivity contribution >= 4 is 10.0 Å². The zero-order valence-corrected chi connectivity index (χ0v) is 9.76. The summed E-state index contributed by atoms with van der Waals surface area (Å²) in [5.74, 6) is -0.410. The first-order valence-corrected chi connectivity index (χ1v) is 6.74. The van der Waals surface area contributed by atoms with Crippen molar-refractivity contribution in [2.24, 2.45) is 0 Å². The van der Waals surface area contributed by atoms with Crippen molar-refractivity contribution in [3.63, 3.8) is 0 Å². The molecular formula is C9H17N3O2S. The number of piperidine rings is 1. The van der Waals surface area contributed by atoms with E-state index >= 15 is 0 Å². The van der Waals surface area contributed by atoms with Crippen LogP contribution in [0.3, 0.4) is 0 Å². The highest BCUT2D eigenvalue weighted by atomic mass is 32.2. The summed E-state index contributed by atoms with van der Waals surface area (Å²) in [6, 6.07) is 1.73. The fourth-order valence-corrected chi connectivity index (χ4v) is 3.31. The van der Waals surface area contributed by atoms with E-state index < -0.39 is 15.8 Å². The van der Waals surface area contributed by atoms with E-state index in [1.165, 1.54) is 4.31 Å². The zero-order valence-electron chi connectivity index (χ0n) is 8.94. The van der Waals surface area contributed by atoms with Gasteiger partial charge in [-0.05, 0) is 19.9 Å². The largest absolute Gasteiger partial charge is 0.318 e. The first kappa shape index (κ1) is 12.4. The van der Waals surface area contributed by atoms with Crippen molar-refractivity contribution in [3.05, 3.63) is 0 Å². The molecule has 0 saturated carbocycles. The lowest BCUT2D eigenvalue weighted by Gasteiger charge is -2.33. The van der Waals surface area contributed by atoms with E-state index in [4.69, 9.17) is 5.26 Å². The molecule has 5 nitrogen and oxygen atoms in total. The number of nitrogens with zero attached hydrogens (tertiary/aromatic N) is 2. The van der Waals surface area contributed by atoms with Gasteiger partial charge in [0.05, 0.1) is 6.07 Å². The Morgan fingerprint density at radius 2 is 2.27 bits per heavy atom. The Bertz CT molecular complexity index is 332. The number of rotatable bonds is 4. The van der Waals surface area contributed by atoms with Gasteiger partial charge >= 0.3 is 0 Å². The maximum absolute atomic E-state index is 11.7. The summed E-state index contributed by atoms with van der Waals surface area (Å²) in [5, 5.41) is 11.5. The van der Waals surface area contributed by atoms with Crippen LogP contribution in [0.4, 0.5) is 0 Å². The van der Waals surface area contributed by atoms with Crippen molar-refractivity contribution in [3.8, 4) is 6.07 Å². The second kappa shape index (κ2) is 5.45. The maximum atomic E-state index is 11.7. The molecule has 0 aromatic carbocycles. The summed E-state index contributed by atoms with van der Waals surface area (Å²) >= 11 is 0. The summed E-state index contributed by atoms with van der Waals surface area (Å²) < 4.78 is 25.0. The molecule has 1 aliphatic rings. The van der Waals surface area contributed by atoms with Gasteiger partial charge in [0.2, 0.25) is 10.0 Å². The Morgan fingerprint density at radius 1 is 1.53 bits per heavy atom. The van der Waals surface area contributed by atoms with E-state index in [1.807, 2.05) is 7.05 Å². The fraction of sp³-hybridized carbons (Fsp3) is 0.889. The van der Waals surface area contributed by atoms with Gasteiger partial charge in [-0.15, -0.1) is 0 Å². The fourth-order valence-electron chi connectivity index (χ4n) is 1.94. The lowest BCUT2D eigenvalue weighted by Crippen LogP contribution is -2.48. The molecule has 86 valence electrons. The minimum Gasteiger partial charge on any atom is -0.318 e. The third-order valence-corrected chi connectivity index (χ3v) is 4.31. The molecule has 1 rings (SSSR count). The van der Waals surface area contributed by atoms with E-state index in [2.05, 4.69) is 5.32 Å². The molecule has 0 bridgehead atoms. The molecule has 1 fully saturated rings. The van der Waals surface area contributed by atoms with Crippen LogP contribution in [-0.4, -0.2) is 44.7 Å². The lowest BCUT2D eigenvalue weighted by molar-refractivity contribution is 0.250. The van der Waals surface area contributed by atoms with Crippen LogP contribution >= 0.6 is 0 Å². The highest BCUT2D eigenvalue weighted by Crippen LogP contribution is 2.20. The molecule has 0 aromatic heterocycles. The van der Waals surface area contributed by atoms with Crippen LogP contribution in [0.5, 0.6) is 0 Å². The molecule has 0 aliphatic carbocycles. The molecule has 0 amide bonds. The topological polar surface area (TPSA) is 73.2 Å². The predicted molar refractivity (Wildman–Crippen MR) is 57.7 cm³/mol. The first-order valence-electron chi connectivity index (χ1n) is 5.13. The van der Waals surface area contributed by atoms with Crippen LogP contribution in [0.2, 0.25) is 0 Å². The van der Waals surface area contributed by atoms with Crippen molar-refractivity contribution in [1.29, 1.82) is 5.26 Å². The molecule has 6 heteroatoms. The molecular weight excluding hydrogens is 214 g/mol. The van der Waals surface area contributed by atoms with Crippen LogP contribution in [0.1, 0.15) is 19.3 Å². The van der Waals surface area contributed by atoms with Gasteiger partial charge in [0.1, 0.15) is 0 Å². The number of nitriles is 1. The molecule has 15 heavy (non-hydrogen) atoms. The number of sulfonamides is 1. The predicted octanol–water partition coefficient (Wildman–Crippen LogP) is -0.0863. The molecule has 1 aliphatic heterocycles. The van der Waals surface area contributed by atoms with Gasteiger partial charge in [0.15, 0.2) is 5.75 Å². The Kier molecular flexibility index (Phi) is 4.51. The molecule has 0 aromatic rings. The van der Waals surface area contributed by atoms with Crippen molar-refractivity contribution in [1.82, 2.24) is 9.62 Å². The minimum atomic E-state index is -3.37. The molecule has 1 unspecified atom stereocenters. The number of likely N-dealkylation sites (N-methyl/N-ethyl adjacent to an activating group) is 1. The third kappa shape index (κ3) is 3.16. The Balaban J connectivity index is 2.76. The highest BCUT2D eigenvalue weighted by molar-refractivity contribution is 7.89. The average molecular weight is 231 g/mol. The monoisotopic (exact) mass is 231 g/mol. The SMILES string of the molecule is CNCC1CCCCN1S(=O)(=O)CC#N. The van der Waals surface area contributed by atoms with Crippen molar-refractivity contribution < 1.29 is 8.42 Å². The number of hydrogen-bond donors (Lipinski definition) is 1. The van der Waals surface area contributed by atoms with Crippen LogP contribution < -0.4 is 5.32 Å². The standard InChI is InChI=1S/C9H17N3O2S/c1-11-8-9-4-2-3-6-12(9)15(13,14)7-5-10/h9,11H,2-4,6-8H2,1H3. The molecule has 1 saturated heterocycles. The van der Waals surface area contributed by atoms with Crippen LogP contribution in [0, 0.1) is 11.3 Å². The second-order valence-electron chi connectivity index (χ2n) is 3.73. The van der Waals surface area contributed by atoms with E-state index in [1.54, 1.807) is 6.07 Å². The van der Waals surface area contributed by atoms with Gasteiger partial charge in [-0.3, -0.25) is 0 Å². The van der Waals surface area contributed by atoms with Gasteiger partial charge in [0.25, 0.3) is 0 Å². The number of hydrogen-bond acceptors (Lipinski definition) is 4. The minimum absolute atomic E-state index is 0.0158. The van der Waals surface area contributed by atoms with Gasteiger partial charge in [0, 0.05) is 19.1 Å². The Labute approximate surface area is 91.1 Å². The van der Waals surface area contributed by atoms with E-state index in [-0.39, 0.29) is 6.04 Å². The summed E-state index contributed by atoms with van der Waals surface area (Å²) in [6.07, 6.45) is 2.83. The smallest absolute Gasteiger partial charge is 0.227 e. The van der Waals surface area contributed by atoms with Gasteiger partial charge < -0.3 is 5.32 Å². The molecule has 1 atom stereocenters.